The molecule has 2 heterocycles. The van der Waals surface area contributed by atoms with Gasteiger partial charge in [-0.15, -0.1) is 0 Å². The zero-order chi connectivity index (χ0) is 14.2. The first-order chi connectivity index (χ1) is 9.79. The van der Waals surface area contributed by atoms with E-state index in [4.69, 9.17) is 0 Å². The Kier molecular flexibility index (Phi) is 6.61. The molecule has 1 aliphatic heterocycles. The molecule has 1 aromatic rings. The normalized spacial score (nSPS) is 20.4. The van der Waals surface area contributed by atoms with Crippen LogP contribution in [0.2, 0.25) is 0 Å². The summed E-state index contributed by atoms with van der Waals surface area (Å²) >= 11 is 0. The lowest BCUT2D eigenvalue weighted by Crippen LogP contribution is -2.38. The van der Waals surface area contributed by atoms with Gasteiger partial charge in [-0.2, -0.15) is 0 Å². The average Bonchev–Trinajstić information content (AvgIpc) is 2.88. The highest BCUT2D eigenvalue weighted by molar-refractivity contribution is 5.09. The summed E-state index contributed by atoms with van der Waals surface area (Å²) < 4.78 is 2.28. The minimum Gasteiger partial charge on any atom is -0.354 e. The van der Waals surface area contributed by atoms with E-state index >= 15 is 0 Å². The molecule has 0 aliphatic carbocycles. The van der Waals surface area contributed by atoms with Crippen LogP contribution in [0.25, 0.3) is 0 Å². The monoisotopic (exact) mass is 277 g/mol. The molecule has 0 spiro atoms. The van der Waals surface area contributed by atoms with Crippen molar-refractivity contribution < 1.29 is 0 Å². The predicted molar refractivity (Wildman–Crippen MR) is 85.9 cm³/mol. The van der Waals surface area contributed by atoms with E-state index in [2.05, 4.69) is 47.1 Å². The van der Waals surface area contributed by atoms with Crippen LogP contribution in [0.3, 0.4) is 0 Å². The summed E-state index contributed by atoms with van der Waals surface area (Å²) in [6, 6.07) is 3.03. The third-order valence-electron chi connectivity index (χ3n) is 4.36. The largest absolute Gasteiger partial charge is 0.354 e. The standard InChI is InChI=1S/C17H31N3/c1-3-10-19-13-8-17(15-19)14-18-9-6-12-20-11-5-4-7-16(20)2/h8,13,15-16,18H,3-7,9-12,14H2,1-2H3. The minimum absolute atomic E-state index is 0.798. The van der Waals surface area contributed by atoms with E-state index in [0.717, 1.165) is 25.7 Å². The Morgan fingerprint density at radius 1 is 1.30 bits per heavy atom. The van der Waals surface area contributed by atoms with Crippen molar-refractivity contribution in [3.05, 3.63) is 24.0 Å². The molecular formula is C17H31N3. The van der Waals surface area contributed by atoms with Gasteiger partial charge >= 0.3 is 0 Å². The smallest absolute Gasteiger partial charge is 0.0220 e. The van der Waals surface area contributed by atoms with Crippen molar-refractivity contribution in [3.63, 3.8) is 0 Å². The van der Waals surface area contributed by atoms with Gasteiger partial charge in [-0.1, -0.05) is 13.3 Å². The first-order valence-electron chi connectivity index (χ1n) is 8.39. The Morgan fingerprint density at radius 2 is 2.20 bits per heavy atom. The van der Waals surface area contributed by atoms with Crippen LogP contribution in [0.4, 0.5) is 0 Å². The Hall–Kier alpha value is -0.800. The van der Waals surface area contributed by atoms with E-state index in [0.29, 0.717) is 0 Å². The summed E-state index contributed by atoms with van der Waals surface area (Å²) in [6.07, 6.45) is 11.1. The molecule has 0 saturated carbocycles. The quantitative estimate of drug-likeness (QED) is 0.736. The maximum Gasteiger partial charge on any atom is 0.0220 e. The van der Waals surface area contributed by atoms with Gasteiger partial charge in [0.05, 0.1) is 0 Å². The van der Waals surface area contributed by atoms with Crippen molar-refractivity contribution in [1.82, 2.24) is 14.8 Å². The van der Waals surface area contributed by atoms with Crippen molar-refractivity contribution >= 4 is 0 Å². The number of hydrogen-bond acceptors (Lipinski definition) is 2. The highest BCUT2D eigenvalue weighted by Gasteiger charge is 2.16. The Morgan fingerprint density at radius 3 is 3.00 bits per heavy atom. The van der Waals surface area contributed by atoms with Crippen LogP contribution in [0.1, 0.15) is 51.5 Å². The molecule has 0 amide bonds. The molecule has 3 heteroatoms. The van der Waals surface area contributed by atoms with Gasteiger partial charge in [0.1, 0.15) is 0 Å². The Balaban J connectivity index is 1.56. The topological polar surface area (TPSA) is 20.2 Å². The predicted octanol–water partition coefficient (Wildman–Crippen LogP) is 3.25. The van der Waals surface area contributed by atoms with Crippen LogP contribution < -0.4 is 5.32 Å². The number of aryl methyl sites for hydroxylation is 1. The first kappa shape index (κ1) is 15.6. The van der Waals surface area contributed by atoms with Crippen LogP contribution in [0.15, 0.2) is 18.5 Å². The molecule has 3 nitrogen and oxygen atoms in total. The SMILES string of the molecule is CCCn1ccc(CNCCCN2CCCCC2C)c1. The molecule has 20 heavy (non-hydrogen) atoms. The van der Waals surface area contributed by atoms with Crippen LogP contribution in [0.5, 0.6) is 0 Å². The second kappa shape index (κ2) is 8.48. The molecule has 1 aliphatic rings. The van der Waals surface area contributed by atoms with Crippen LogP contribution in [-0.2, 0) is 13.1 Å². The van der Waals surface area contributed by atoms with Crippen molar-refractivity contribution in [2.75, 3.05) is 19.6 Å². The van der Waals surface area contributed by atoms with Gasteiger partial charge in [-0.05, 0) is 63.9 Å². The van der Waals surface area contributed by atoms with E-state index in [1.165, 1.54) is 50.8 Å². The maximum atomic E-state index is 3.57. The van der Waals surface area contributed by atoms with E-state index in [1.54, 1.807) is 0 Å². The molecule has 1 fully saturated rings. The Labute approximate surface area is 124 Å². The van der Waals surface area contributed by atoms with Crippen LogP contribution in [0, 0.1) is 0 Å². The van der Waals surface area contributed by atoms with Gasteiger partial charge in [0.15, 0.2) is 0 Å². The lowest BCUT2D eigenvalue weighted by molar-refractivity contribution is 0.159. The molecule has 114 valence electrons. The number of nitrogens with one attached hydrogen (secondary N) is 1. The van der Waals surface area contributed by atoms with E-state index in [9.17, 15) is 0 Å². The van der Waals surface area contributed by atoms with Crippen molar-refractivity contribution in [2.45, 2.75) is 65.1 Å². The highest BCUT2D eigenvalue weighted by Crippen LogP contribution is 2.16. The lowest BCUT2D eigenvalue weighted by Gasteiger charge is -2.33. The third kappa shape index (κ3) is 4.95. The highest BCUT2D eigenvalue weighted by atomic mass is 15.2. The fourth-order valence-corrected chi connectivity index (χ4v) is 3.12. The number of aromatic nitrogens is 1. The van der Waals surface area contributed by atoms with Gasteiger partial charge in [-0.25, -0.2) is 0 Å². The molecule has 1 unspecified atom stereocenters. The van der Waals surface area contributed by atoms with E-state index in [1.807, 2.05) is 0 Å². The molecule has 0 bridgehead atoms. The first-order valence-corrected chi connectivity index (χ1v) is 8.39. The molecule has 0 radical (unpaired) electrons. The third-order valence-corrected chi connectivity index (χ3v) is 4.36. The summed E-state index contributed by atoms with van der Waals surface area (Å²) in [5, 5.41) is 3.57. The van der Waals surface area contributed by atoms with Gasteiger partial charge in [0.2, 0.25) is 0 Å². The molecule has 1 aromatic heterocycles. The number of rotatable bonds is 8. The molecule has 1 saturated heterocycles. The fraction of sp³-hybridized carbons (Fsp3) is 0.765. The van der Waals surface area contributed by atoms with E-state index in [-0.39, 0.29) is 0 Å². The van der Waals surface area contributed by atoms with Gasteiger partial charge < -0.3 is 14.8 Å². The number of nitrogens with zero attached hydrogens (tertiary/aromatic N) is 2. The van der Waals surface area contributed by atoms with Gasteiger partial charge in [0, 0.05) is 31.5 Å². The zero-order valence-electron chi connectivity index (χ0n) is 13.3. The Bertz CT molecular complexity index is 372. The second-order valence-electron chi connectivity index (χ2n) is 6.17. The van der Waals surface area contributed by atoms with Crippen molar-refractivity contribution in [2.24, 2.45) is 0 Å². The maximum absolute atomic E-state index is 3.57. The van der Waals surface area contributed by atoms with E-state index < -0.39 is 0 Å². The summed E-state index contributed by atoms with van der Waals surface area (Å²) in [5.41, 5.74) is 1.41. The lowest BCUT2D eigenvalue weighted by atomic mass is 10.0. The minimum atomic E-state index is 0.798. The molecule has 1 atom stereocenters. The van der Waals surface area contributed by atoms with Crippen LogP contribution in [-0.4, -0.2) is 35.1 Å². The van der Waals surface area contributed by atoms with Gasteiger partial charge in [0.25, 0.3) is 0 Å². The van der Waals surface area contributed by atoms with Crippen LogP contribution >= 0.6 is 0 Å². The van der Waals surface area contributed by atoms with Crippen molar-refractivity contribution in [1.29, 1.82) is 0 Å². The van der Waals surface area contributed by atoms with Crippen molar-refractivity contribution in [3.8, 4) is 0 Å². The summed E-state index contributed by atoms with van der Waals surface area (Å²) in [5.74, 6) is 0. The summed E-state index contributed by atoms with van der Waals surface area (Å²) in [6.45, 7) is 10.4. The summed E-state index contributed by atoms with van der Waals surface area (Å²) in [7, 11) is 0. The number of likely N-dealkylation sites (tertiary alicyclic amines) is 1. The zero-order valence-corrected chi connectivity index (χ0v) is 13.3. The second-order valence-corrected chi connectivity index (χ2v) is 6.17. The number of hydrogen-bond donors (Lipinski definition) is 1. The fourth-order valence-electron chi connectivity index (χ4n) is 3.12. The molecule has 0 aromatic carbocycles. The molecule has 2 rings (SSSR count). The van der Waals surface area contributed by atoms with Gasteiger partial charge in [-0.3, -0.25) is 0 Å². The molecular weight excluding hydrogens is 246 g/mol. The number of piperidine rings is 1. The summed E-state index contributed by atoms with van der Waals surface area (Å²) in [4.78, 5) is 2.66. The average molecular weight is 277 g/mol. The molecule has 1 N–H and O–H groups in total.